The maximum Gasteiger partial charge on any atom is 0.238 e. The number of anilines is 2. The second-order valence-electron chi connectivity index (χ2n) is 7.05. The summed E-state index contributed by atoms with van der Waals surface area (Å²) in [6, 6.07) is 8.71. The van der Waals surface area contributed by atoms with E-state index in [4.69, 9.17) is 16.1 Å². The van der Waals surface area contributed by atoms with Gasteiger partial charge in [-0.2, -0.15) is 0 Å². The number of hydrogen-bond donors (Lipinski definition) is 2. The molecular weight excluding hydrogens is 442 g/mol. The summed E-state index contributed by atoms with van der Waals surface area (Å²) < 4.78 is 4.89. The molecule has 1 aliphatic rings. The molecule has 0 unspecified atom stereocenters. The Hall–Kier alpha value is -2.56. The summed E-state index contributed by atoms with van der Waals surface area (Å²) in [7, 11) is 0. The van der Waals surface area contributed by atoms with Gasteiger partial charge in [0.2, 0.25) is 17.7 Å². The van der Waals surface area contributed by atoms with E-state index in [-0.39, 0.29) is 35.8 Å². The lowest BCUT2D eigenvalue weighted by Gasteiger charge is -2.34. The molecule has 0 aliphatic carbocycles. The highest BCUT2D eigenvalue weighted by Crippen LogP contribution is 2.20. The number of amides is 3. The average Bonchev–Trinajstić information content (AvgIpc) is 3.14. The van der Waals surface area contributed by atoms with E-state index in [1.807, 2.05) is 11.0 Å². The largest absolute Gasteiger partial charge is 0.360 e. The molecular formula is C20H24ClN5O4S. The number of para-hydroxylation sites is 1. The highest BCUT2D eigenvalue weighted by atomic mass is 35.5. The van der Waals surface area contributed by atoms with Crippen molar-refractivity contribution in [2.45, 2.75) is 6.92 Å². The van der Waals surface area contributed by atoms with Crippen molar-refractivity contribution >= 4 is 52.6 Å². The van der Waals surface area contributed by atoms with Gasteiger partial charge >= 0.3 is 0 Å². The van der Waals surface area contributed by atoms with Crippen LogP contribution in [-0.4, -0.2) is 76.9 Å². The van der Waals surface area contributed by atoms with Gasteiger partial charge in [-0.3, -0.25) is 19.3 Å². The molecule has 0 radical (unpaired) electrons. The molecule has 1 aromatic carbocycles. The second-order valence-corrected chi connectivity index (χ2v) is 8.44. The number of halogens is 1. The molecule has 31 heavy (non-hydrogen) atoms. The fraction of sp³-hybridized carbons (Fsp3) is 0.400. The lowest BCUT2D eigenvalue weighted by atomic mass is 10.3. The summed E-state index contributed by atoms with van der Waals surface area (Å²) >= 11 is 7.31. The number of nitrogens with one attached hydrogen (secondary N) is 2. The van der Waals surface area contributed by atoms with Crippen LogP contribution in [0.1, 0.15) is 5.76 Å². The van der Waals surface area contributed by atoms with Crippen LogP contribution in [0.5, 0.6) is 0 Å². The van der Waals surface area contributed by atoms with Crippen LogP contribution in [-0.2, 0) is 14.4 Å². The predicted molar refractivity (Wildman–Crippen MR) is 120 cm³/mol. The van der Waals surface area contributed by atoms with Gasteiger partial charge in [-0.25, -0.2) is 0 Å². The molecule has 3 rings (SSSR count). The monoisotopic (exact) mass is 465 g/mol. The molecule has 1 saturated heterocycles. The molecule has 0 atom stereocenters. The summed E-state index contributed by atoms with van der Waals surface area (Å²) in [4.78, 5) is 40.3. The second kappa shape index (κ2) is 11.2. The zero-order chi connectivity index (χ0) is 22.2. The summed E-state index contributed by atoms with van der Waals surface area (Å²) in [6.45, 7) is 4.29. The first kappa shape index (κ1) is 23.1. The molecule has 0 saturated carbocycles. The Morgan fingerprint density at radius 1 is 1.10 bits per heavy atom. The quantitative estimate of drug-likeness (QED) is 0.614. The topological polar surface area (TPSA) is 108 Å². The first-order valence-electron chi connectivity index (χ1n) is 9.76. The van der Waals surface area contributed by atoms with E-state index in [9.17, 15) is 14.4 Å². The molecule has 0 spiro atoms. The Kier molecular flexibility index (Phi) is 8.33. The number of benzene rings is 1. The number of rotatable bonds is 8. The van der Waals surface area contributed by atoms with Crippen molar-refractivity contribution in [1.29, 1.82) is 0 Å². The van der Waals surface area contributed by atoms with Gasteiger partial charge in [-0.1, -0.05) is 28.9 Å². The number of piperazine rings is 1. The Morgan fingerprint density at radius 2 is 1.84 bits per heavy atom. The van der Waals surface area contributed by atoms with Gasteiger partial charge in [0.05, 0.1) is 28.8 Å². The minimum Gasteiger partial charge on any atom is -0.360 e. The number of aromatic nitrogens is 1. The van der Waals surface area contributed by atoms with Crippen molar-refractivity contribution < 1.29 is 18.9 Å². The summed E-state index contributed by atoms with van der Waals surface area (Å²) in [6.07, 6.45) is 0. The van der Waals surface area contributed by atoms with E-state index >= 15 is 0 Å². The zero-order valence-electron chi connectivity index (χ0n) is 17.1. The molecule has 11 heteroatoms. The van der Waals surface area contributed by atoms with Gasteiger partial charge in [0.1, 0.15) is 5.76 Å². The zero-order valence-corrected chi connectivity index (χ0v) is 18.7. The van der Waals surface area contributed by atoms with E-state index in [1.165, 1.54) is 11.8 Å². The first-order chi connectivity index (χ1) is 14.9. The third-order valence-corrected chi connectivity index (χ3v) is 5.84. The number of carbonyl (C=O) groups excluding carboxylic acids is 3. The van der Waals surface area contributed by atoms with Crippen molar-refractivity contribution in [3.8, 4) is 0 Å². The third-order valence-electron chi connectivity index (χ3n) is 4.59. The van der Waals surface area contributed by atoms with Gasteiger partial charge in [0.25, 0.3) is 0 Å². The summed E-state index contributed by atoms with van der Waals surface area (Å²) in [5.74, 6) is 0.952. The maximum absolute atomic E-state index is 12.4. The smallest absolute Gasteiger partial charge is 0.238 e. The minimum absolute atomic E-state index is 0.0183. The standard InChI is InChI=1S/C20H24ClN5O4S/c1-14-10-17(24-30-14)23-19(28)12-31-13-20(29)26-8-6-25(7-9-26)11-18(27)22-16-5-3-2-4-15(16)21/h2-5,10H,6-9,11-13H2,1H3,(H,22,27)(H,23,24,28). The fourth-order valence-corrected chi connectivity index (χ4v) is 3.94. The van der Waals surface area contributed by atoms with Gasteiger partial charge in [-0.15, -0.1) is 11.8 Å². The number of aryl methyl sites for hydroxylation is 1. The average molecular weight is 466 g/mol. The van der Waals surface area contributed by atoms with Gasteiger partial charge in [0.15, 0.2) is 5.82 Å². The van der Waals surface area contributed by atoms with Crippen molar-refractivity contribution in [3.63, 3.8) is 0 Å². The number of nitrogens with zero attached hydrogens (tertiary/aromatic N) is 3. The number of thioether (sulfide) groups is 1. The summed E-state index contributed by atoms with van der Waals surface area (Å²) in [5, 5.41) is 9.61. The SMILES string of the molecule is Cc1cc(NC(=O)CSCC(=O)N2CCN(CC(=O)Nc3ccccc3Cl)CC2)no1. The van der Waals surface area contributed by atoms with Crippen LogP contribution in [0, 0.1) is 6.92 Å². The van der Waals surface area contributed by atoms with Crippen LogP contribution >= 0.6 is 23.4 Å². The van der Waals surface area contributed by atoms with Crippen molar-refractivity contribution in [3.05, 3.63) is 41.1 Å². The van der Waals surface area contributed by atoms with Gasteiger partial charge < -0.3 is 20.1 Å². The van der Waals surface area contributed by atoms with Crippen LogP contribution in [0.25, 0.3) is 0 Å². The Balaban J connectivity index is 1.32. The van der Waals surface area contributed by atoms with E-state index in [0.29, 0.717) is 48.5 Å². The van der Waals surface area contributed by atoms with Crippen LogP contribution in [0.15, 0.2) is 34.9 Å². The highest BCUT2D eigenvalue weighted by Gasteiger charge is 2.22. The lowest BCUT2D eigenvalue weighted by molar-refractivity contribution is -0.130. The molecule has 1 aromatic heterocycles. The molecule has 2 heterocycles. The van der Waals surface area contributed by atoms with E-state index in [1.54, 1.807) is 36.1 Å². The van der Waals surface area contributed by atoms with Gasteiger partial charge in [-0.05, 0) is 19.1 Å². The van der Waals surface area contributed by atoms with Crippen molar-refractivity contribution in [2.24, 2.45) is 0 Å². The Bertz CT molecular complexity index is 930. The van der Waals surface area contributed by atoms with E-state index in [2.05, 4.69) is 15.8 Å². The molecule has 2 aromatic rings. The highest BCUT2D eigenvalue weighted by molar-refractivity contribution is 8.00. The maximum atomic E-state index is 12.4. The molecule has 3 amide bonds. The number of hydrogen-bond acceptors (Lipinski definition) is 7. The first-order valence-corrected chi connectivity index (χ1v) is 11.3. The van der Waals surface area contributed by atoms with Crippen molar-refractivity contribution in [1.82, 2.24) is 15.0 Å². The summed E-state index contributed by atoms with van der Waals surface area (Å²) in [5.41, 5.74) is 0.586. The normalized spacial score (nSPS) is 14.3. The Morgan fingerprint density at radius 3 is 2.52 bits per heavy atom. The van der Waals surface area contributed by atoms with Crippen molar-refractivity contribution in [2.75, 3.05) is 54.9 Å². The molecule has 1 aliphatic heterocycles. The molecule has 1 fully saturated rings. The van der Waals surface area contributed by atoms with Gasteiger partial charge in [0, 0.05) is 32.2 Å². The van der Waals surface area contributed by atoms with Crippen LogP contribution in [0.2, 0.25) is 5.02 Å². The third kappa shape index (κ3) is 7.27. The lowest BCUT2D eigenvalue weighted by Crippen LogP contribution is -2.51. The minimum atomic E-state index is -0.236. The number of carbonyl (C=O) groups is 3. The van der Waals surface area contributed by atoms with Crippen LogP contribution in [0.3, 0.4) is 0 Å². The molecule has 2 N–H and O–H groups in total. The van der Waals surface area contributed by atoms with E-state index in [0.717, 1.165) is 0 Å². The van der Waals surface area contributed by atoms with Crippen LogP contribution in [0.4, 0.5) is 11.5 Å². The molecule has 9 nitrogen and oxygen atoms in total. The molecule has 166 valence electrons. The molecule has 0 bridgehead atoms. The van der Waals surface area contributed by atoms with E-state index < -0.39 is 0 Å². The van der Waals surface area contributed by atoms with Crippen LogP contribution < -0.4 is 10.6 Å². The predicted octanol–water partition coefficient (Wildman–Crippen LogP) is 2.09. The Labute approximate surface area is 189 Å². The fourth-order valence-electron chi connectivity index (χ4n) is 3.04.